The van der Waals surface area contributed by atoms with E-state index in [1.807, 2.05) is 37.5 Å². The molecule has 5 nitrogen and oxygen atoms in total. The smallest absolute Gasteiger partial charge is 0.230 e. The van der Waals surface area contributed by atoms with Crippen molar-refractivity contribution in [1.29, 1.82) is 0 Å². The van der Waals surface area contributed by atoms with Gasteiger partial charge in [-0.15, -0.1) is 0 Å². The standard InChI is InChI=1S/C20H24N4OS/c1-13-6-7-15(10-14(13)2)16-11-17-19(21-8-9-24(17)23-16)26-12-18(25)22-20(3,4)5/h6-11H,12H2,1-5H3,(H,22,25). The zero-order valence-corrected chi connectivity index (χ0v) is 16.6. The van der Waals surface area contributed by atoms with E-state index in [2.05, 4.69) is 47.4 Å². The Balaban J connectivity index is 1.85. The molecule has 0 bridgehead atoms. The van der Waals surface area contributed by atoms with E-state index in [4.69, 9.17) is 0 Å². The molecule has 0 aliphatic carbocycles. The van der Waals surface area contributed by atoms with Gasteiger partial charge >= 0.3 is 0 Å². The lowest BCUT2D eigenvalue weighted by atomic mass is 10.0. The molecular weight excluding hydrogens is 344 g/mol. The number of aryl methyl sites for hydroxylation is 2. The van der Waals surface area contributed by atoms with Crippen LogP contribution >= 0.6 is 11.8 Å². The monoisotopic (exact) mass is 368 g/mol. The second-order valence-electron chi connectivity index (χ2n) is 7.48. The van der Waals surface area contributed by atoms with E-state index in [1.165, 1.54) is 22.9 Å². The predicted molar refractivity (Wildman–Crippen MR) is 107 cm³/mol. The van der Waals surface area contributed by atoms with Crippen LogP contribution in [0.4, 0.5) is 0 Å². The summed E-state index contributed by atoms with van der Waals surface area (Å²) in [6, 6.07) is 8.37. The maximum absolute atomic E-state index is 12.1. The van der Waals surface area contributed by atoms with Crippen molar-refractivity contribution in [2.45, 2.75) is 45.2 Å². The molecule has 6 heteroatoms. The predicted octanol–water partition coefficient (Wildman–Crippen LogP) is 4.02. The number of benzene rings is 1. The largest absolute Gasteiger partial charge is 0.351 e. The van der Waals surface area contributed by atoms with E-state index in [-0.39, 0.29) is 11.4 Å². The minimum Gasteiger partial charge on any atom is -0.351 e. The molecule has 0 aliphatic heterocycles. The van der Waals surface area contributed by atoms with E-state index in [0.29, 0.717) is 5.75 Å². The Morgan fingerprint density at radius 1 is 1.19 bits per heavy atom. The van der Waals surface area contributed by atoms with Crippen LogP contribution in [-0.4, -0.2) is 31.8 Å². The number of thioether (sulfide) groups is 1. The topological polar surface area (TPSA) is 59.3 Å². The summed E-state index contributed by atoms with van der Waals surface area (Å²) >= 11 is 1.43. The summed E-state index contributed by atoms with van der Waals surface area (Å²) in [6.07, 6.45) is 3.55. The first-order valence-corrected chi connectivity index (χ1v) is 9.57. The minimum atomic E-state index is -0.232. The van der Waals surface area contributed by atoms with Crippen molar-refractivity contribution in [2.75, 3.05) is 5.75 Å². The van der Waals surface area contributed by atoms with Crippen molar-refractivity contribution >= 4 is 23.2 Å². The summed E-state index contributed by atoms with van der Waals surface area (Å²) in [6.45, 7) is 10.1. The summed E-state index contributed by atoms with van der Waals surface area (Å²) in [4.78, 5) is 16.5. The molecule has 1 aromatic carbocycles. The zero-order valence-electron chi connectivity index (χ0n) is 15.8. The van der Waals surface area contributed by atoms with E-state index in [9.17, 15) is 4.79 Å². The second-order valence-corrected chi connectivity index (χ2v) is 8.44. The van der Waals surface area contributed by atoms with Crippen LogP contribution in [-0.2, 0) is 4.79 Å². The first-order chi connectivity index (χ1) is 12.2. The molecule has 2 heterocycles. The SMILES string of the molecule is Cc1ccc(-c2cc3c(SCC(=O)NC(C)(C)C)nccn3n2)cc1C. The van der Waals surface area contributed by atoms with Crippen molar-refractivity contribution in [1.82, 2.24) is 19.9 Å². The van der Waals surface area contributed by atoms with Gasteiger partial charge in [-0.05, 0) is 57.9 Å². The molecule has 0 spiro atoms. The lowest BCUT2D eigenvalue weighted by Gasteiger charge is -2.20. The molecule has 0 aliphatic rings. The molecule has 0 atom stereocenters. The zero-order chi connectivity index (χ0) is 18.9. The molecule has 0 saturated heterocycles. The molecule has 1 amide bonds. The van der Waals surface area contributed by atoms with Crippen molar-refractivity contribution in [3.05, 3.63) is 47.8 Å². The third-order valence-corrected chi connectivity index (χ3v) is 5.01. The maximum Gasteiger partial charge on any atom is 0.230 e. The van der Waals surface area contributed by atoms with E-state index in [0.717, 1.165) is 21.8 Å². The highest BCUT2D eigenvalue weighted by molar-refractivity contribution is 8.00. The van der Waals surface area contributed by atoms with Crippen molar-refractivity contribution in [3.63, 3.8) is 0 Å². The molecule has 0 radical (unpaired) electrons. The van der Waals surface area contributed by atoms with Gasteiger partial charge in [-0.1, -0.05) is 23.9 Å². The van der Waals surface area contributed by atoms with E-state index in [1.54, 1.807) is 6.20 Å². The third-order valence-electron chi connectivity index (χ3n) is 4.01. The Morgan fingerprint density at radius 3 is 2.65 bits per heavy atom. The number of rotatable bonds is 4. The van der Waals surface area contributed by atoms with Gasteiger partial charge in [0, 0.05) is 23.5 Å². The Hall–Kier alpha value is -2.34. The number of hydrogen-bond donors (Lipinski definition) is 1. The number of nitrogens with zero attached hydrogens (tertiary/aromatic N) is 3. The fourth-order valence-electron chi connectivity index (χ4n) is 2.64. The molecular formula is C20H24N4OS. The Morgan fingerprint density at radius 2 is 1.96 bits per heavy atom. The second kappa shape index (κ2) is 7.11. The van der Waals surface area contributed by atoms with Gasteiger partial charge in [-0.3, -0.25) is 4.79 Å². The van der Waals surface area contributed by atoms with Crippen LogP contribution in [0, 0.1) is 13.8 Å². The third kappa shape index (κ3) is 4.25. The number of hydrogen-bond acceptors (Lipinski definition) is 4. The number of aromatic nitrogens is 3. The van der Waals surface area contributed by atoms with Gasteiger partial charge in [0.05, 0.1) is 17.0 Å². The number of carbonyl (C=O) groups is 1. The van der Waals surface area contributed by atoms with E-state index < -0.39 is 0 Å². The number of carbonyl (C=O) groups excluding carboxylic acids is 1. The van der Waals surface area contributed by atoms with Crippen LogP contribution in [0.15, 0.2) is 41.7 Å². The number of amides is 1. The first kappa shape index (κ1) is 18.5. The van der Waals surface area contributed by atoms with Crippen molar-refractivity contribution in [3.8, 4) is 11.3 Å². The van der Waals surface area contributed by atoms with Crippen molar-refractivity contribution < 1.29 is 4.79 Å². The minimum absolute atomic E-state index is 0.000186. The van der Waals surface area contributed by atoms with Crippen LogP contribution in [0.1, 0.15) is 31.9 Å². The van der Waals surface area contributed by atoms with Gasteiger partial charge < -0.3 is 5.32 Å². The molecule has 3 aromatic rings. The molecule has 26 heavy (non-hydrogen) atoms. The van der Waals surface area contributed by atoms with Gasteiger partial charge in [0.25, 0.3) is 0 Å². The lowest BCUT2D eigenvalue weighted by molar-refractivity contribution is -0.119. The Bertz CT molecular complexity index is 956. The molecule has 0 fully saturated rings. The summed E-state index contributed by atoms with van der Waals surface area (Å²) in [5.74, 6) is 0.328. The summed E-state index contributed by atoms with van der Waals surface area (Å²) in [7, 11) is 0. The van der Waals surface area contributed by atoms with Crippen LogP contribution in [0.5, 0.6) is 0 Å². The molecule has 1 N–H and O–H groups in total. The number of nitrogens with one attached hydrogen (secondary N) is 1. The molecule has 136 valence electrons. The summed E-state index contributed by atoms with van der Waals surface area (Å²) < 4.78 is 1.82. The molecule has 0 saturated carbocycles. The summed E-state index contributed by atoms with van der Waals surface area (Å²) in [5, 5.41) is 8.44. The van der Waals surface area contributed by atoms with Crippen LogP contribution < -0.4 is 5.32 Å². The maximum atomic E-state index is 12.1. The van der Waals surface area contributed by atoms with Crippen LogP contribution in [0.2, 0.25) is 0 Å². The lowest BCUT2D eigenvalue weighted by Crippen LogP contribution is -2.41. The quantitative estimate of drug-likeness (QED) is 0.707. The van der Waals surface area contributed by atoms with Crippen LogP contribution in [0.3, 0.4) is 0 Å². The fraction of sp³-hybridized carbons (Fsp3) is 0.350. The van der Waals surface area contributed by atoms with Crippen LogP contribution in [0.25, 0.3) is 16.8 Å². The van der Waals surface area contributed by atoms with Gasteiger partial charge in [0.1, 0.15) is 5.03 Å². The van der Waals surface area contributed by atoms with Gasteiger partial charge in [-0.2, -0.15) is 5.10 Å². The number of fused-ring (bicyclic) bond motifs is 1. The average Bonchev–Trinajstić information content (AvgIpc) is 2.98. The Kier molecular flexibility index (Phi) is 5.05. The Labute approximate surface area is 158 Å². The highest BCUT2D eigenvalue weighted by atomic mass is 32.2. The first-order valence-electron chi connectivity index (χ1n) is 8.59. The molecule has 0 unspecified atom stereocenters. The molecule has 3 rings (SSSR count). The normalized spacial score (nSPS) is 11.7. The highest BCUT2D eigenvalue weighted by Crippen LogP contribution is 2.27. The van der Waals surface area contributed by atoms with Gasteiger partial charge in [-0.25, -0.2) is 9.50 Å². The van der Waals surface area contributed by atoms with E-state index >= 15 is 0 Å². The van der Waals surface area contributed by atoms with Gasteiger partial charge in [0.2, 0.25) is 5.91 Å². The van der Waals surface area contributed by atoms with Gasteiger partial charge in [0.15, 0.2) is 0 Å². The molecule has 2 aromatic heterocycles. The average molecular weight is 369 g/mol. The summed E-state index contributed by atoms with van der Waals surface area (Å²) in [5.41, 5.74) is 5.17. The fourth-order valence-corrected chi connectivity index (χ4v) is 3.42. The van der Waals surface area contributed by atoms with Crippen molar-refractivity contribution in [2.24, 2.45) is 0 Å². The highest BCUT2D eigenvalue weighted by Gasteiger charge is 2.15.